The largest absolute Gasteiger partial charge is 0.370 e. The van der Waals surface area contributed by atoms with Crippen LogP contribution in [-0.2, 0) is 0 Å². The summed E-state index contributed by atoms with van der Waals surface area (Å²) in [7, 11) is 0. The minimum Gasteiger partial charge on any atom is -0.370 e. The van der Waals surface area contributed by atoms with Crippen molar-refractivity contribution in [2.75, 3.05) is 24.5 Å². The fraction of sp³-hybridized carbons (Fsp3) is 0.538. The van der Waals surface area contributed by atoms with Crippen molar-refractivity contribution in [1.29, 1.82) is 0 Å². The number of hydrogen-bond donors (Lipinski definition) is 1. The zero-order chi connectivity index (χ0) is 11.4. The molecule has 1 aromatic carbocycles. The fourth-order valence-electron chi connectivity index (χ4n) is 2.15. The second-order valence-electron chi connectivity index (χ2n) is 4.48. The minimum absolute atomic E-state index is 0.573. The molecule has 3 heteroatoms. The van der Waals surface area contributed by atoms with Gasteiger partial charge in [-0.25, -0.2) is 0 Å². The molecule has 0 spiro atoms. The molecule has 1 aromatic rings. The molecule has 0 saturated carbocycles. The van der Waals surface area contributed by atoms with Gasteiger partial charge >= 0.3 is 0 Å². The summed E-state index contributed by atoms with van der Waals surface area (Å²) < 4.78 is 1.15. The summed E-state index contributed by atoms with van der Waals surface area (Å²) >= 11 is 3.48. The lowest BCUT2D eigenvalue weighted by Crippen LogP contribution is -2.42. The number of nitrogens with one attached hydrogen (secondary N) is 1. The molecule has 1 unspecified atom stereocenters. The van der Waals surface area contributed by atoms with Crippen LogP contribution in [0.3, 0.4) is 0 Å². The van der Waals surface area contributed by atoms with E-state index in [-0.39, 0.29) is 0 Å². The molecule has 1 aliphatic heterocycles. The zero-order valence-corrected chi connectivity index (χ0v) is 11.3. The molecule has 1 aliphatic rings. The monoisotopic (exact) mass is 282 g/mol. The van der Waals surface area contributed by atoms with E-state index in [9.17, 15) is 0 Å². The highest BCUT2D eigenvalue weighted by Crippen LogP contribution is 2.19. The molecule has 2 rings (SSSR count). The Labute approximate surface area is 106 Å². The molecule has 2 nitrogen and oxygen atoms in total. The van der Waals surface area contributed by atoms with Gasteiger partial charge in [-0.05, 0) is 50.6 Å². The SMILES string of the molecule is CC1CN(c2ccc(Br)cc2)CCCCN1. The van der Waals surface area contributed by atoms with Gasteiger partial charge in [-0.2, -0.15) is 0 Å². The van der Waals surface area contributed by atoms with Crippen LogP contribution in [0.1, 0.15) is 19.8 Å². The molecule has 1 N–H and O–H groups in total. The first kappa shape index (κ1) is 11.9. The van der Waals surface area contributed by atoms with E-state index in [2.05, 4.69) is 57.3 Å². The van der Waals surface area contributed by atoms with Gasteiger partial charge in [0.1, 0.15) is 0 Å². The van der Waals surface area contributed by atoms with Crippen molar-refractivity contribution in [2.45, 2.75) is 25.8 Å². The Balaban J connectivity index is 2.08. The Kier molecular flexibility index (Phi) is 4.24. The number of hydrogen-bond acceptors (Lipinski definition) is 2. The molecule has 1 heterocycles. The van der Waals surface area contributed by atoms with E-state index in [1.165, 1.54) is 25.1 Å². The fourth-order valence-corrected chi connectivity index (χ4v) is 2.41. The minimum atomic E-state index is 0.573. The number of halogens is 1. The third kappa shape index (κ3) is 3.22. The Morgan fingerprint density at radius 1 is 1.25 bits per heavy atom. The Bertz CT molecular complexity index is 323. The van der Waals surface area contributed by atoms with Crippen LogP contribution in [0, 0.1) is 0 Å². The first-order valence-corrected chi connectivity index (χ1v) is 6.79. The lowest BCUT2D eigenvalue weighted by Gasteiger charge is -2.30. The summed E-state index contributed by atoms with van der Waals surface area (Å²) in [4.78, 5) is 2.48. The Morgan fingerprint density at radius 3 is 2.75 bits per heavy atom. The Hall–Kier alpha value is -0.540. The van der Waals surface area contributed by atoms with E-state index in [1.807, 2.05) is 0 Å². The average Bonchev–Trinajstić information content (AvgIpc) is 2.24. The third-order valence-electron chi connectivity index (χ3n) is 3.03. The van der Waals surface area contributed by atoms with E-state index in [1.54, 1.807) is 0 Å². The molecule has 0 aliphatic carbocycles. The summed E-state index contributed by atoms with van der Waals surface area (Å²) in [5.41, 5.74) is 1.33. The first-order valence-electron chi connectivity index (χ1n) is 5.99. The van der Waals surface area contributed by atoms with Gasteiger partial charge in [-0.15, -0.1) is 0 Å². The highest BCUT2D eigenvalue weighted by Gasteiger charge is 2.12. The predicted molar refractivity (Wildman–Crippen MR) is 73.1 cm³/mol. The molecule has 0 radical (unpaired) electrons. The maximum atomic E-state index is 3.54. The predicted octanol–water partition coefficient (Wildman–Crippen LogP) is 3.03. The van der Waals surface area contributed by atoms with Gasteiger partial charge in [0, 0.05) is 29.3 Å². The standard InChI is InChI=1S/C13H19BrN2/c1-11-10-16(9-3-2-8-15-11)13-6-4-12(14)5-7-13/h4-7,11,15H,2-3,8-10H2,1H3. The van der Waals surface area contributed by atoms with Crippen molar-refractivity contribution in [1.82, 2.24) is 5.32 Å². The van der Waals surface area contributed by atoms with Crippen LogP contribution in [-0.4, -0.2) is 25.7 Å². The van der Waals surface area contributed by atoms with Gasteiger partial charge in [-0.3, -0.25) is 0 Å². The number of anilines is 1. The average molecular weight is 283 g/mol. The second-order valence-corrected chi connectivity index (χ2v) is 5.40. The van der Waals surface area contributed by atoms with Gasteiger partial charge in [0.2, 0.25) is 0 Å². The van der Waals surface area contributed by atoms with Gasteiger partial charge < -0.3 is 10.2 Å². The topological polar surface area (TPSA) is 15.3 Å². The zero-order valence-electron chi connectivity index (χ0n) is 9.75. The third-order valence-corrected chi connectivity index (χ3v) is 3.56. The number of rotatable bonds is 1. The molecule has 1 fully saturated rings. The van der Waals surface area contributed by atoms with Crippen LogP contribution in [0.15, 0.2) is 28.7 Å². The van der Waals surface area contributed by atoms with Crippen molar-refractivity contribution < 1.29 is 0 Å². The molecule has 0 bridgehead atoms. The lowest BCUT2D eigenvalue weighted by molar-refractivity contribution is 0.485. The van der Waals surface area contributed by atoms with E-state index in [4.69, 9.17) is 0 Å². The van der Waals surface area contributed by atoms with E-state index in [0.29, 0.717) is 6.04 Å². The molecule has 0 amide bonds. The van der Waals surface area contributed by atoms with Crippen LogP contribution in [0.4, 0.5) is 5.69 Å². The quantitative estimate of drug-likeness (QED) is 0.852. The summed E-state index contributed by atoms with van der Waals surface area (Å²) in [5, 5.41) is 3.54. The maximum Gasteiger partial charge on any atom is 0.0367 e. The smallest absolute Gasteiger partial charge is 0.0367 e. The van der Waals surface area contributed by atoms with Crippen LogP contribution in [0.25, 0.3) is 0 Å². The van der Waals surface area contributed by atoms with Crippen molar-refractivity contribution >= 4 is 21.6 Å². The van der Waals surface area contributed by atoms with E-state index >= 15 is 0 Å². The van der Waals surface area contributed by atoms with Crippen LogP contribution in [0.5, 0.6) is 0 Å². The van der Waals surface area contributed by atoms with Crippen LogP contribution >= 0.6 is 15.9 Å². The van der Waals surface area contributed by atoms with E-state index in [0.717, 1.165) is 17.6 Å². The van der Waals surface area contributed by atoms with Crippen molar-refractivity contribution in [3.8, 4) is 0 Å². The summed E-state index contributed by atoms with van der Waals surface area (Å²) in [6, 6.07) is 9.19. The molecule has 1 atom stereocenters. The van der Waals surface area contributed by atoms with Gasteiger partial charge in [0.15, 0.2) is 0 Å². The highest BCUT2D eigenvalue weighted by atomic mass is 79.9. The molecule has 1 saturated heterocycles. The lowest BCUT2D eigenvalue weighted by atomic mass is 10.1. The molecular formula is C13H19BrN2. The van der Waals surface area contributed by atoms with Gasteiger partial charge in [0.05, 0.1) is 0 Å². The second kappa shape index (κ2) is 5.69. The molecule has 16 heavy (non-hydrogen) atoms. The first-order chi connectivity index (χ1) is 7.75. The summed E-state index contributed by atoms with van der Waals surface area (Å²) in [6.45, 7) is 5.70. The van der Waals surface area contributed by atoms with Crippen LogP contribution < -0.4 is 10.2 Å². The normalized spacial score (nSPS) is 22.6. The summed E-state index contributed by atoms with van der Waals surface area (Å²) in [6.07, 6.45) is 2.55. The van der Waals surface area contributed by atoms with Crippen molar-refractivity contribution in [3.63, 3.8) is 0 Å². The molecular weight excluding hydrogens is 264 g/mol. The van der Waals surface area contributed by atoms with Gasteiger partial charge in [0.25, 0.3) is 0 Å². The number of nitrogens with zero attached hydrogens (tertiary/aromatic N) is 1. The number of benzene rings is 1. The highest BCUT2D eigenvalue weighted by molar-refractivity contribution is 9.10. The Morgan fingerprint density at radius 2 is 2.00 bits per heavy atom. The van der Waals surface area contributed by atoms with Crippen molar-refractivity contribution in [2.24, 2.45) is 0 Å². The van der Waals surface area contributed by atoms with Gasteiger partial charge in [-0.1, -0.05) is 15.9 Å². The maximum absolute atomic E-state index is 3.54. The molecule has 88 valence electrons. The van der Waals surface area contributed by atoms with Crippen LogP contribution in [0.2, 0.25) is 0 Å². The molecule has 0 aromatic heterocycles. The van der Waals surface area contributed by atoms with Crippen molar-refractivity contribution in [3.05, 3.63) is 28.7 Å². The van der Waals surface area contributed by atoms with E-state index < -0.39 is 0 Å². The summed E-state index contributed by atoms with van der Waals surface area (Å²) in [5.74, 6) is 0.